The molecule has 1 rings (SSSR count). The van der Waals surface area contributed by atoms with Crippen LogP contribution < -0.4 is 0 Å². The van der Waals surface area contributed by atoms with Gasteiger partial charge in [-0.25, -0.2) is 0 Å². The third-order valence-corrected chi connectivity index (χ3v) is 2.78. The van der Waals surface area contributed by atoms with Gasteiger partial charge >= 0.3 is 0 Å². The molecule has 3 nitrogen and oxygen atoms in total. The summed E-state index contributed by atoms with van der Waals surface area (Å²) < 4.78 is 5.42. The largest absolute Gasteiger partial charge is 0.379 e. The molecule has 0 atom stereocenters. The molecule has 0 spiro atoms. The molecule has 0 saturated carbocycles. The normalized spacial score (nSPS) is 21.0. The first kappa shape index (κ1) is 12.3. The summed E-state index contributed by atoms with van der Waals surface area (Å²) in [7, 11) is 2.20. The van der Waals surface area contributed by atoms with Crippen LogP contribution in [0.25, 0.3) is 0 Å². The van der Waals surface area contributed by atoms with Gasteiger partial charge in [0.15, 0.2) is 0 Å². The number of rotatable bonds is 5. The second-order valence-corrected chi connectivity index (χ2v) is 4.28. The lowest BCUT2D eigenvalue weighted by Gasteiger charge is -2.19. The summed E-state index contributed by atoms with van der Waals surface area (Å²) in [5, 5.41) is 0. The molecule has 0 radical (unpaired) electrons. The Morgan fingerprint density at radius 1 is 1.14 bits per heavy atom. The first-order chi connectivity index (χ1) is 6.83. The van der Waals surface area contributed by atoms with E-state index in [1.54, 1.807) is 0 Å². The number of hydrogen-bond acceptors (Lipinski definition) is 4. The summed E-state index contributed by atoms with van der Waals surface area (Å²) in [4.78, 5) is 4.89. The lowest BCUT2D eigenvalue weighted by atomic mass is 10.4. The standard InChI is InChI=1S/C10H22N2OS/c1-11-3-2-4-12(6-5-11)7-8-13-9-10-14/h14H,2-10H2,1H3. The van der Waals surface area contributed by atoms with E-state index in [1.165, 1.54) is 32.6 Å². The Hall–Kier alpha value is 0.230. The second-order valence-electron chi connectivity index (χ2n) is 3.83. The molecule has 0 aromatic heterocycles. The van der Waals surface area contributed by atoms with E-state index in [9.17, 15) is 0 Å². The van der Waals surface area contributed by atoms with Crippen molar-refractivity contribution in [2.45, 2.75) is 6.42 Å². The number of ether oxygens (including phenoxy) is 1. The summed E-state index contributed by atoms with van der Waals surface area (Å²) in [5.74, 6) is 0.822. The molecule has 4 heteroatoms. The molecule has 1 fully saturated rings. The lowest BCUT2D eigenvalue weighted by molar-refractivity contribution is 0.117. The van der Waals surface area contributed by atoms with Crippen LogP contribution in [0.3, 0.4) is 0 Å². The molecule has 14 heavy (non-hydrogen) atoms. The molecule has 0 aliphatic carbocycles. The molecule has 1 aliphatic rings. The van der Waals surface area contributed by atoms with Gasteiger partial charge in [0.2, 0.25) is 0 Å². The highest BCUT2D eigenvalue weighted by Gasteiger charge is 2.10. The minimum Gasteiger partial charge on any atom is -0.379 e. The SMILES string of the molecule is CN1CCCN(CCOCCS)CC1. The van der Waals surface area contributed by atoms with E-state index in [-0.39, 0.29) is 0 Å². The van der Waals surface area contributed by atoms with Crippen molar-refractivity contribution in [3.05, 3.63) is 0 Å². The van der Waals surface area contributed by atoms with Crippen molar-refractivity contribution in [2.75, 3.05) is 58.7 Å². The first-order valence-corrected chi connectivity index (χ1v) is 6.05. The third kappa shape index (κ3) is 5.20. The van der Waals surface area contributed by atoms with Gasteiger partial charge in [-0.3, -0.25) is 4.90 Å². The molecule has 0 bridgehead atoms. The zero-order valence-electron chi connectivity index (χ0n) is 9.11. The molecule has 0 N–H and O–H groups in total. The zero-order chi connectivity index (χ0) is 10.2. The fourth-order valence-corrected chi connectivity index (χ4v) is 1.81. The summed E-state index contributed by atoms with van der Waals surface area (Å²) in [5.41, 5.74) is 0. The highest BCUT2D eigenvalue weighted by atomic mass is 32.1. The molecule has 0 unspecified atom stereocenters. The van der Waals surface area contributed by atoms with E-state index < -0.39 is 0 Å². The van der Waals surface area contributed by atoms with Crippen LogP contribution in [0, 0.1) is 0 Å². The second kappa shape index (κ2) is 7.51. The fourth-order valence-electron chi connectivity index (χ4n) is 1.68. The van der Waals surface area contributed by atoms with Gasteiger partial charge in [0, 0.05) is 25.4 Å². The van der Waals surface area contributed by atoms with E-state index in [0.29, 0.717) is 0 Å². The first-order valence-electron chi connectivity index (χ1n) is 5.42. The van der Waals surface area contributed by atoms with Gasteiger partial charge in [-0.15, -0.1) is 0 Å². The average molecular weight is 218 g/mol. The van der Waals surface area contributed by atoms with E-state index in [4.69, 9.17) is 4.74 Å². The third-order valence-electron chi connectivity index (χ3n) is 2.60. The number of nitrogens with zero attached hydrogens (tertiary/aromatic N) is 2. The van der Waals surface area contributed by atoms with Crippen LogP contribution in [0.15, 0.2) is 0 Å². The minimum atomic E-state index is 0.775. The number of hydrogen-bond donors (Lipinski definition) is 1. The molecule has 84 valence electrons. The number of likely N-dealkylation sites (N-methyl/N-ethyl adjacent to an activating group) is 1. The summed E-state index contributed by atoms with van der Waals surface area (Å²) in [6, 6.07) is 0. The van der Waals surface area contributed by atoms with Crippen LogP contribution in [0.5, 0.6) is 0 Å². The van der Waals surface area contributed by atoms with Crippen molar-refractivity contribution in [2.24, 2.45) is 0 Å². The molecule has 1 saturated heterocycles. The van der Waals surface area contributed by atoms with Crippen LogP contribution in [-0.2, 0) is 4.74 Å². The van der Waals surface area contributed by atoms with Crippen LogP contribution in [0.1, 0.15) is 6.42 Å². The smallest absolute Gasteiger partial charge is 0.0593 e. The van der Waals surface area contributed by atoms with Crippen LogP contribution in [0.4, 0.5) is 0 Å². The highest BCUT2D eigenvalue weighted by Crippen LogP contribution is 2.00. The molecule has 0 amide bonds. The van der Waals surface area contributed by atoms with Gasteiger partial charge < -0.3 is 9.64 Å². The fraction of sp³-hybridized carbons (Fsp3) is 1.00. The van der Waals surface area contributed by atoms with Crippen molar-refractivity contribution in [3.63, 3.8) is 0 Å². The lowest BCUT2D eigenvalue weighted by Crippen LogP contribution is -2.31. The molecule has 1 aliphatic heterocycles. The zero-order valence-corrected chi connectivity index (χ0v) is 10.0. The number of thiol groups is 1. The van der Waals surface area contributed by atoms with Crippen LogP contribution >= 0.6 is 12.6 Å². The summed E-state index contributed by atoms with van der Waals surface area (Å²) in [6.07, 6.45) is 1.28. The molecule has 0 aromatic rings. The van der Waals surface area contributed by atoms with Crippen LogP contribution in [0.2, 0.25) is 0 Å². The quantitative estimate of drug-likeness (QED) is 0.537. The van der Waals surface area contributed by atoms with Crippen molar-refractivity contribution in [1.82, 2.24) is 9.80 Å². The highest BCUT2D eigenvalue weighted by molar-refractivity contribution is 7.80. The Kier molecular flexibility index (Phi) is 6.60. The van der Waals surface area contributed by atoms with Crippen molar-refractivity contribution < 1.29 is 4.74 Å². The van der Waals surface area contributed by atoms with Crippen molar-refractivity contribution in [1.29, 1.82) is 0 Å². The Morgan fingerprint density at radius 2 is 2.00 bits per heavy atom. The van der Waals surface area contributed by atoms with E-state index in [0.717, 1.165) is 25.5 Å². The minimum absolute atomic E-state index is 0.775. The van der Waals surface area contributed by atoms with E-state index in [1.807, 2.05) is 0 Å². The van der Waals surface area contributed by atoms with Gasteiger partial charge in [-0.05, 0) is 26.6 Å². The predicted octanol–water partition coefficient (Wildman–Crippen LogP) is 0.570. The van der Waals surface area contributed by atoms with E-state index >= 15 is 0 Å². The predicted molar refractivity (Wildman–Crippen MR) is 63.2 cm³/mol. The van der Waals surface area contributed by atoms with Gasteiger partial charge in [0.05, 0.1) is 13.2 Å². The Bertz CT molecular complexity index is 146. The molecular formula is C10H22N2OS. The maximum atomic E-state index is 5.42. The average Bonchev–Trinajstić information content (AvgIpc) is 2.38. The maximum Gasteiger partial charge on any atom is 0.0593 e. The van der Waals surface area contributed by atoms with Gasteiger partial charge in [0.1, 0.15) is 0 Å². The maximum absolute atomic E-state index is 5.42. The summed E-state index contributed by atoms with van der Waals surface area (Å²) >= 11 is 4.10. The van der Waals surface area contributed by atoms with Gasteiger partial charge in [-0.2, -0.15) is 12.6 Å². The topological polar surface area (TPSA) is 15.7 Å². The van der Waals surface area contributed by atoms with Gasteiger partial charge in [-0.1, -0.05) is 0 Å². The Morgan fingerprint density at radius 3 is 2.79 bits per heavy atom. The van der Waals surface area contributed by atoms with Crippen LogP contribution in [-0.4, -0.2) is 68.5 Å². The van der Waals surface area contributed by atoms with Gasteiger partial charge in [0.25, 0.3) is 0 Å². The molecule has 1 heterocycles. The van der Waals surface area contributed by atoms with Crippen molar-refractivity contribution >= 4 is 12.6 Å². The Balaban J connectivity index is 2.05. The Labute approximate surface area is 92.8 Å². The van der Waals surface area contributed by atoms with Crippen molar-refractivity contribution in [3.8, 4) is 0 Å². The molecule has 0 aromatic carbocycles. The molecular weight excluding hydrogens is 196 g/mol. The summed E-state index contributed by atoms with van der Waals surface area (Å²) in [6.45, 7) is 7.51. The monoisotopic (exact) mass is 218 g/mol. The van der Waals surface area contributed by atoms with E-state index in [2.05, 4.69) is 29.5 Å².